The molecule has 1 aromatic heterocycles. The van der Waals surface area contributed by atoms with Gasteiger partial charge >= 0.3 is 0 Å². The van der Waals surface area contributed by atoms with Gasteiger partial charge < -0.3 is 9.84 Å². The number of aliphatic hydroxyl groups is 1. The smallest absolute Gasteiger partial charge is 0.274 e. The number of rotatable bonds is 7. The molecule has 0 aliphatic carbocycles. The quantitative estimate of drug-likeness (QED) is 0.490. The molecule has 0 unspecified atom stereocenters. The number of nitrogens with zero attached hydrogens (tertiary/aromatic N) is 2. The highest BCUT2D eigenvalue weighted by Crippen LogP contribution is 2.24. The minimum Gasteiger partial charge on any atom is -0.389 e. The SMILES string of the molecule is O=c1c2ccccc2c(-c2ccc(F)cc2)nn1C[C@@H](O)COCc1ccccc1F. The van der Waals surface area contributed by atoms with E-state index in [0.29, 0.717) is 27.6 Å². The zero-order chi connectivity index (χ0) is 21.8. The Kier molecular flexibility index (Phi) is 6.16. The van der Waals surface area contributed by atoms with Gasteiger partial charge in [0.05, 0.1) is 36.9 Å². The summed E-state index contributed by atoms with van der Waals surface area (Å²) in [6.45, 7) is -0.194. The van der Waals surface area contributed by atoms with Crippen molar-refractivity contribution in [1.29, 1.82) is 0 Å². The number of hydrogen-bond donors (Lipinski definition) is 1. The lowest BCUT2D eigenvalue weighted by Gasteiger charge is -2.15. The van der Waals surface area contributed by atoms with Gasteiger partial charge in [0.2, 0.25) is 0 Å². The molecule has 0 saturated heterocycles. The highest BCUT2D eigenvalue weighted by atomic mass is 19.1. The Labute approximate surface area is 177 Å². The number of aromatic nitrogens is 2. The van der Waals surface area contributed by atoms with Crippen molar-refractivity contribution in [1.82, 2.24) is 9.78 Å². The monoisotopic (exact) mass is 422 g/mol. The van der Waals surface area contributed by atoms with Crippen LogP contribution in [0.1, 0.15) is 5.56 Å². The Hall–Kier alpha value is -3.42. The van der Waals surface area contributed by atoms with Crippen LogP contribution in [0.3, 0.4) is 0 Å². The fourth-order valence-electron chi connectivity index (χ4n) is 3.35. The molecular formula is C24H20F2N2O3. The molecule has 0 aliphatic rings. The third-order valence-electron chi connectivity index (χ3n) is 4.89. The molecule has 5 nitrogen and oxygen atoms in total. The van der Waals surface area contributed by atoms with Gasteiger partial charge in [-0.2, -0.15) is 5.10 Å². The summed E-state index contributed by atoms with van der Waals surface area (Å²) < 4.78 is 33.6. The summed E-state index contributed by atoms with van der Waals surface area (Å²) in [6.07, 6.45) is -1.03. The highest BCUT2D eigenvalue weighted by molar-refractivity contribution is 5.93. The molecule has 1 heterocycles. The number of hydrogen-bond acceptors (Lipinski definition) is 4. The van der Waals surface area contributed by atoms with E-state index in [-0.39, 0.29) is 37.0 Å². The number of aliphatic hydroxyl groups excluding tert-OH is 1. The third kappa shape index (κ3) is 4.68. The van der Waals surface area contributed by atoms with Crippen LogP contribution in [0.25, 0.3) is 22.0 Å². The number of benzene rings is 3. The van der Waals surface area contributed by atoms with Gasteiger partial charge in [0, 0.05) is 16.5 Å². The van der Waals surface area contributed by atoms with Crippen molar-refractivity contribution in [3.05, 3.63) is 100 Å². The molecule has 0 amide bonds. The van der Waals surface area contributed by atoms with Crippen LogP contribution in [-0.4, -0.2) is 27.6 Å². The number of halogens is 2. The molecule has 1 atom stereocenters. The van der Waals surface area contributed by atoms with E-state index in [0.717, 1.165) is 0 Å². The van der Waals surface area contributed by atoms with Crippen molar-refractivity contribution >= 4 is 10.8 Å². The summed E-state index contributed by atoms with van der Waals surface area (Å²) in [5.41, 5.74) is 1.19. The van der Waals surface area contributed by atoms with Crippen LogP contribution in [0.15, 0.2) is 77.6 Å². The predicted molar refractivity (Wildman–Crippen MR) is 113 cm³/mol. The summed E-state index contributed by atoms with van der Waals surface area (Å²) in [5, 5.41) is 15.9. The fraction of sp³-hybridized carbons (Fsp3) is 0.167. The van der Waals surface area contributed by atoms with Crippen LogP contribution >= 0.6 is 0 Å². The molecule has 0 fully saturated rings. The van der Waals surface area contributed by atoms with Gasteiger partial charge in [-0.3, -0.25) is 4.79 Å². The molecule has 7 heteroatoms. The van der Waals surface area contributed by atoms with Crippen LogP contribution in [0.2, 0.25) is 0 Å². The summed E-state index contributed by atoms with van der Waals surface area (Å²) in [6, 6.07) is 19.1. The molecule has 0 aliphatic heterocycles. The average molecular weight is 422 g/mol. The first-order valence-electron chi connectivity index (χ1n) is 9.78. The van der Waals surface area contributed by atoms with Crippen molar-refractivity contribution in [2.45, 2.75) is 19.3 Å². The maximum atomic E-state index is 13.7. The van der Waals surface area contributed by atoms with Gasteiger partial charge in [0.15, 0.2) is 0 Å². The van der Waals surface area contributed by atoms with Gasteiger partial charge in [-0.05, 0) is 36.4 Å². The van der Waals surface area contributed by atoms with Gasteiger partial charge in [0.25, 0.3) is 5.56 Å². The molecule has 4 aromatic rings. The molecule has 158 valence electrons. The summed E-state index contributed by atoms with van der Waals surface area (Å²) >= 11 is 0. The summed E-state index contributed by atoms with van der Waals surface area (Å²) in [7, 11) is 0. The van der Waals surface area contributed by atoms with E-state index in [9.17, 15) is 18.7 Å². The lowest BCUT2D eigenvalue weighted by atomic mass is 10.1. The largest absolute Gasteiger partial charge is 0.389 e. The van der Waals surface area contributed by atoms with Gasteiger partial charge in [-0.1, -0.05) is 36.4 Å². The highest BCUT2D eigenvalue weighted by Gasteiger charge is 2.15. The zero-order valence-corrected chi connectivity index (χ0v) is 16.5. The fourth-order valence-corrected chi connectivity index (χ4v) is 3.35. The second-order valence-electron chi connectivity index (χ2n) is 7.15. The first-order chi connectivity index (χ1) is 15.0. The molecular weight excluding hydrogens is 402 g/mol. The topological polar surface area (TPSA) is 64.4 Å². The molecule has 0 saturated carbocycles. The van der Waals surface area contributed by atoms with Crippen molar-refractivity contribution in [3.63, 3.8) is 0 Å². The second-order valence-corrected chi connectivity index (χ2v) is 7.15. The van der Waals surface area contributed by atoms with Crippen molar-refractivity contribution in [2.75, 3.05) is 6.61 Å². The van der Waals surface area contributed by atoms with Crippen LogP contribution in [0.4, 0.5) is 8.78 Å². The summed E-state index contributed by atoms with van der Waals surface area (Å²) in [5.74, 6) is -0.753. The normalized spacial score (nSPS) is 12.2. The van der Waals surface area contributed by atoms with Crippen molar-refractivity contribution in [2.24, 2.45) is 0 Å². The van der Waals surface area contributed by atoms with Crippen molar-refractivity contribution in [3.8, 4) is 11.3 Å². The van der Waals surface area contributed by atoms with Crippen LogP contribution in [-0.2, 0) is 17.9 Å². The number of ether oxygens (including phenoxy) is 1. The molecule has 3 aromatic carbocycles. The van der Waals surface area contributed by atoms with E-state index in [1.54, 1.807) is 54.6 Å². The third-order valence-corrected chi connectivity index (χ3v) is 4.89. The molecule has 0 radical (unpaired) electrons. The Morgan fingerprint density at radius 1 is 0.935 bits per heavy atom. The lowest BCUT2D eigenvalue weighted by molar-refractivity contribution is 0.0173. The molecule has 0 bridgehead atoms. The first kappa shape index (κ1) is 20.8. The van der Waals surface area contributed by atoms with Crippen molar-refractivity contribution < 1.29 is 18.6 Å². The molecule has 0 spiro atoms. The van der Waals surface area contributed by atoms with E-state index in [2.05, 4.69) is 5.10 Å². The Bertz CT molecular complexity index is 1260. The zero-order valence-electron chi connectivity index (χ0n) is 16.5. The summed E-state index contributed by atoms with van der Waals surface area (Å²) in [4.78, 5) is 12.9. The molecule has 1 N–H and O–H groups in total. The molecule has 4 rings (SSSR count). The Balaban J connectivity index is 1.57. The van der Waals surface area contributed by atoms with E-state index in [1.807, 2.05) is 0 Å². The van der Waals surface area contributed by atoms with Gasteiger partial charge in [0.1, 0.15) is 11.6 Å². The van der Waals surface area contributed by atoms with E-state index < -0.39 is 6.10 Å². The van der Waals surface area contributed by atoms with E-state index in [4.69, 9.17) is 4.74 Å². The second kappa shape index (κ2) is 9.16. The maximum absolute atomic E-state index is 13.7. The van der Waals surface area contributed by atoms with Gasteiger partial charge in [-0.15, -0.1) is 0 Å². The maximum Gasteiger partial charge on any atom is 0.274 e. The molecule has 31 heavy (non-hydrogen) atoms. The minimum atomic E-state index is -1.03. The van der Waals surface area contributed by atoms with Gasteiger partial charge in [-0.25, -0.2) is 13.5 Å². The standard InChI is InChI=1S/C24H20F2N2O3/c25-18-11-9-16(10-12-18)23-20-6-2-3-7-21(20)24(30)28(27-23)13-19(29)15-31-14-17-5-1-4-8-22(17)26/h1-12,19,29H,13-15H2/t19-/m1/s1. The predicted octanol–water partition coefficient (Wildman–Crippen LogP) is 3.92. The van der Waals surface area contributed by atoms with E-state index >= 15 is 0 Å². The van der Waals surface area contributed by atoms with Crippen LogP contribution in [0.5, 0.6) is 0 Å². The van der Waals surface area contributed by atoms with Crippen LogP contribution < -0.4 is 5.56 Å². The minimum absolute atomic E-state index is 0.00457. The van der Waals surface area contributed by atoms with Crippen LogP contribution in [0, 0.1) is 11.6 Å². The van der Waals surface area contributed by atoms with E-state index in [1.165, 1.54) is 22.9 Å². The Morgan fingerprint density at radius 3 is 2.35 bits per heavy atom. The number of fused-ring (bicyclic) bond motifs is 1. The lowest BCUT2D eigenvalue weighted by Crippen LogP contribution is -2.31. The average Bonchev–Trinajstić information content (AvgIpc) is 2.78. The first-order valence-corrected chi connectivity index (χ1v) is 9.78. The Morgan fingerprint density at radius 2 is 1.61 bits per heavy atom.